The first-order chi connectivity index (χ1) is 9.15. The molecule has 1 aromatic heterocycles. The normalized spacial score (nSPS) is 10.4. The van der Waals surface area contributed by atoms with Gasteiger partial charge >= 0.3 is 0 Å². The Labute approximate surface area is 112 Å². The van der Waals surface area contributed by atoms with Crippen molar-refractivity contribution in [2.75, 3.05) is 30.0 Å². The third-order valence-corrected chi connectivity index (χ3v) is 2.80. The van der Waals surface area contributed by atoms with Crippen molar-refractivity contribution in [3.63, 3.8) is 0 Å². The summed E-state index contributed by atoms with van der Waals surface area (Å²) in [5, 5.41) is 0. The van der Waals surface area contributed by atoms with E-state index in [0.29, 0.717) is 5.95 Å². The minimum atomic E-state index is 0.150. The van der Waals surface area contributed by atoms with E-state index in [1.54, 1.807) is 0 Å². The summed E-state index contributed by atoms with van der Waals surface area (Å²) in [4.78, 5) is 13.8. The topological polar surface area (TPSA) is 94.0 Å². The lowest BCUT2D eigenvalue weighted by Crippen LogP contribution is -2.22. The summed E-state index contributed by atoms with van der Waals surface area (Å²) in [7, 11) is 1.92. The molecule has 0 bridgehead atoms. The molecule has 4 N–H and O–H groups in total. The van der Waals surface area contributed by atoms with Crippen LogP contribution in [0, 0.1) is 0 Å². The molecule has 6 heteroatoms. The predicted molar refractivity (Wildman–Crippen MR) is 76.7 cm³/mol. The number of benzene rings is 1. The van der Waals surface area contributed by atoms with Crippen LogP contribution >= 0.6 is 0 Å². The highest BCUT2D eigenvalue weighted by Crippen LogP contribution is 2.10. The number of hydrogen-bond acceptors (Lipinski definition) is 6. The Kier molecular flexibility index (Phi) is 4.12. The molecule has 0 spiro atoms. The first kappa shape index (κ1) is 13.1. The monoisotopic (exact) mass is 258 g/mol. The lowest BCUT2D eigenvalue weighted by molar-refractivity contribution is 0.764. The zero-order chi connectivity index (χ0) is 13.7. The molecule has 0 aliphatic heterocycles. The SMILES string of the molecule is CN(CCCc1ccccc1)c1nc(N)nc(N)n1. The average molecular weight is 258 g/mol. The summed E-state index contributed by atoms with van der Waals surface area (Å²) < 4.78 is 0. The zero-order valence-electron chi connectivity index (χ0n) is 11.0. The van der Waals surface area contributed by atoms with Crippen LogP contribution in [-0.4, -0.2) is 28.5 Å². The molecule has 0 unspecified atom stereocenters. The molecule has 0 fully saturated rings. The lowest BCUT2D eigenvalue weighted by Gasteiger charge is -2.17. The fourth-order valence-electron chi connectivity index (χ4n) is 1.83. The van der Waals surface area contributed by atoms with Gasteiger partial charge in [0, 0.05) is 13.6 Å². The molecule has 19 heavy (non-hydrogen) atoms. The molecule has 0 aliphatic carbocycles. The minimum Gasteiger partial charge on any atom is -0.368 e. The molecule has 2 rings (SSSR count). The van der Waals surface area contributed by atoms with Crippen molar-refractivity contribution in [3.8, 4) is 0 Å². The van der Waals surface area contributed by atoms with Gasteiger partial charge in [0.1, 0.15) is 0 Å². The van der Waals surface area contributed by atoms with Crippen LogP contribution in [0.3, 0.4) is 0 Å². The Morgan fingerprint density at radius 2 is 1.63 bits per heavy atom. The standard InChI is InChI=1S/C13H18N6/c1-19(13-17-11(14)16-12(15)18-13)9-5-8-10-6-3-2-4-7-10/h2-4,6-7H,5,8-9H2,1H3,(H4,14,15,16,17,18). The molecule has 1 aromatic carbocycles. The molecule has 0 aliphatic rings. The van der Waals surface area contributed by atoms with Gasteiger partial charge in [-0.25, -0.2) is 0 Å². The summed E-state index contributed by atoms with van der Waals surface area (Å²) >= 11 is 0. The van der Waals surface area contributed by atoms with Gasteiger partial charge in [0.25, 0.3) is 0 Å². The zero-order valence-corrected chi connectivity index (χ0v) is 11.0. The van der Waals surface area contributed by atoms with Gasteiger partial charge in [-0.1, -0.05) is 30.3 Å². The third kappa shape index (κ3) is 3.80. The van der Waals surface area contributed by atoms with Gasteiger partial charge in [0.15, 0.2) is 0 Å². The van der Waals surface area contributed by atoms with Crippen molar-refractivity contribution < 1.29 is 0 Å². The van der Waals surface area contributed by atoms with E-state index < -0.39 is 0 Å². The highest BCUT2D eigenvalue weighted by Gasteiger charge is 2.07. The molecule has 0 saturated carbocycles. The van der Waals surface area contributed by atoms with Crippen LogP contribution < -0.4 is 16.4 Å². The van der Waals surface area contributed by atoms with Crippen LogP contribution in [0.4, 0.5) is 17.8 Å². The van der Waals surface area contributed by atoms with Crippen LogP contribution in [0.15, 0.2) is 30.3 Å². The number of anilines is 3. The van der Waals surface area contributed by atoms with E-state index in [4.69, 9.17) is 11.5 Å². The number of nitrogens with two attached hydrogens (primary N) is 2. The fourth-order valence-corrected chi connectivity index (χ4v) is 1.83. The number of aromatic nitrogens is 3. The van der Waals surface area contributed by atoms with Gasteiger partial charge in [-0.15, -0.1) is 0 Å². The van der Waals surface area contributed by atoms with E-state index in [1.807, 2.05) is 30.1 Å². The Balaban J connectivity index is 1.89. The lowest BCUT2D eigenvalue weighted by atomic mass is 10.1. The molecule has 1 heterocycles. The highest BCUT2D eigenvalue weighted by molar-refractivity contribution is 5.38. The maximum Gasteiger partial charge on any atom is 0.231 e. The van der Waals surface area contributed by atoms with E-state index >= 15 is 0 Å². The number of hydrogen-bond donors (Lipinski definition) is 2. The summed E-state index contributed by atoms with van der Waals surface area (Å²) in [6.45, 7) is 0.831. The van der Waals surface area contributed by atoms with Crippen LogP contribution in [0.1, 0.15) is 12.0 Å². The molecule has 0 radical (unpaired) electrons. The molecule has 0 saturated heterocycles. The van der Waals surface area contributed by atoms with E-state index in [0.717, 1.165) is 19.4 Å². The molecular weight excluding hydrogens is 240 g/mol. The van der Waals surface area contributed by atoms with Crippen molar-refractivity contribution >= 4 is 17.8 Å². The highest BCUT2D eigenvalue weighted by atomic mass is 15.3. The van der Waals surface area contributed by atoms with Crippen LogP contribution in [0.5, 0.6) is 0 Å². The molecule has 0 atom stereocenters. The van der Waals surface area contributed by atoms with Crippen molar-refractivity contribution in [1.29, 1.82) is 0 Å². The van der Waals surface area contributed by atoms with Gasteiger partial charge in [-0.2, -0.15) is 15.0 Å². The maximum atomic E-state index is 5.55. The molecule has 100 valence electrons. The predicted octanol–water partition coefficient (Wildman–Crippen LogP) is 1.10. The minimum absolute atomic E-state index is 0.150. The number of aryl methyl sites for hydroxylation is 1. The Morgan fingerprint density at radius 1 is 1.00 bits per heavy atom. The van der Waals surface area contributed by atoms with Crippen LogP contribution in [-0.2, 0) is 6.42 Å². The second kappa shape index (κ2) is 5.99. The summed E-state index contributed by atoms with van der Waals surface area (Å²) in [5.41, 5.74) is 12.4. The third-order valence-electron chi connectivity index (χ3n) is 2.80. The van der Waals surface area contributed by atoms with Gasteiger partial charge in [-0.05, 0) is 18.4 Å². The number of nitrogens with zero attached hydrogens (tertiary/aromatic N) is 4. The summed E-state index contributed by atoms with van der Waals surface area (Å²) in [6.07, 6.45) is 2.02. The van der Waals surface area contributed by atoms with Crippen molar-refractivity contribution in [2.45, 2.75) is 12.8 Å². The van der Waals surface area contributed by atoms with Crippen molar-refractivity contribution in [3.05, 3.63) is 35.9 Å². The van der Waals surface area contributed by atoms with Gasteiger partial charge in [-0.3, -0.25) is 0 Å². The Morgan fingerprint density at radius 3 is 2.26 bits per heavy atom. The number of nitrogen functional groups attached to an aromatic ring is 2. The molecule has 6 nitrogen and oxygen atoms in total. The van der Waals surface area contributed by atoms with Crippen LogP contribution in [0.25, 0.3) is 0 Å². The Hall–Kier alpha value is -2.37. The Bertz CT molecular complexity index is 508. The van der Waals surface area contributed by atoms with Crippen LogP contribution in [0.2, 0.25) is 0 Å². The second-order valence-corrected chi connectivity index (χ2v) is 4.36. The fraction of sp³-hybridized carbons (Fsp3) is 0.308. The van der Waals surface area contributed by atoms with Crippen molar-refractivity contribution in [1.82, 2.24) is 15.0 Å². The van der Waals surface area contributed by atoms with Gasteiger partial charge in [0.2, 0.25) is 17.8 Å². The molecule has 2 aromatic rings. The smallest absolute Gasteiger partial charge is 0.231 e. The quantitative estimate of drug-likeness (QED) is 0.834. The van der Waals surface area contributed by atoms with E-state index in [9.17, 15) is 0 Å². The first-order valence-electron chi connectivity index (χ1n) is 6.17. The maximum absolute atomic E-state index is 5.55. The number of rotatable bonds is 5. The second-order valence-electron chi connectivity index (χ2n) is 4.36. The molecular formula is C13H18N6. The largest absolute Gasteiger partial charge is 0.368 e. The average Bonchev–Trinajstić information content (AvgIpc) is 2.38. The molecule has 0 amide bonds. The summed E-state index contributed by atoms with van der Waals surface area (Å²) in [6, 6.07) is 10.4. The van der Waals surface area contributed by atoms with Gasteiger partial charge < -0.3 is 16.4 Å². The van der Waals surface area contributed by atoms with E-state index in [1.165, 1.54) is 5.56 Å². The van der Waals surface area contributed by atoms with E-state index in [-0.39, 0.29) is 11.9 Å². The van der Waals surface area contributed by atoms with E-state index in [2.05, 4.69) is 27.1 Å². The first-order valence-corrected chi connectivity index (χ1v) is 6.17. The van der Waals surface area contributed by atoms with Crippen molar-refractivity contribution in [2.24, 2.45) is 0 Å². The van der Waals surface area contributed by atoms with Gasteiger partial charge in [0.05, 0.1) is 0 Å². The summed E-state index contributed by atoms with van der Waals surface area (Å²) in [5.74, 6) is 0.813.